The number of amides is 2. The number of carbonyl (C=O) groups excluding carboxylic acids is 2. The Hall–Kier alpha value is -2.15. The minimum absolute atomic E-state index is 0.0227. The molecule has 8 heteroatoms. The summed E-state index contributed by atoms with van der Waals surface area (Å²) in [4.78, 5) is 27.2. The smallest absolute Gasteiger partial charge is 0.409 e. The molecule has 24 heavy (non-hydrogen) atoms. The summed E-state index contributed by atoms with van der Waals surface area (Å²) in [5.74, 6) is 0.564. The molecule has 0 bridgehead atoms. The number of methoxy groups -OCH3 is 1. The fraction of sp³-hybridized carbons (Fsp3) is 0.500. The van der Waals surface area contributed by atoms with Gasteiger partial charge < -0.3 is 24.6 Å². The van der Waals surface area contributed by atoms with Crippen molar-refractivity contribution in [2.45, 2.75) is 6.92 Å². The number of halogens is 1. The van der Waals surface area contributed by atoms with Crippen LogP contribution in [0.2, 0.25) is 5.02 Å². The summed E-state index contributed by atoms with van der Waals surface area (Å²) < 4.78 is 10.1. The van der Waals surface area contributed by atoms with Crippen LogP contribution in [0.1, 0.15) is 6.92 Å². The third-order valence-electron chi connectivity index (χ3n) is 3.75. The summed E-state index contributed by atoms with van der Waals surface area (Å²) in [6.07, 6.45) is -0.324. The van der Waals surface area contributed by atoms with E-state index in [2.05, 4.69) is 5.32 Å². The lowest BCUT2D eigenvalue weighted by atomic mass is 10.3. The molecule has 0 aliphatic carbocycles. The molecule has 1 saturated heterocycles. The lowest BCUT2D eigenvalue weighted by molar-refractivity contribution is -0.130. The van der Waals surface area contributed by atoms with Crippen LogP contribution in [0.5, 0.6) is 5.75 Å². The van der Waals surface area contributed by atoms with Gasteiger partial charge in [-0.2, -0.15) is 0 Å². The zero-order valence-corrected chi connectivity index (χ0v) is 14.6. The van der Waals surface area contributed by atoms with Crippen LogP contribution in [-0.4, -0.2) is 68.2 Å². The Morgan fingerprint density at radius 3 is 2.46 bits per heavy atom. The zero-order chi connectivity index (χ0) is 17.5. The lowest BCUT2D eigenvalue weighted by Crippen LogP contribution is -2.51. The zero-order valence-electron chi connectivity index (χ0n) is 13.9. The molecule has 1 aliphatic rings. The van der Waals surface area contributed by atoms with Crippen LogP contribution in [0.25, 0.3) is 0 Å². The number of benzene rings is 1. The molecule has 0 atom stereocenters. The van der Waals surface area contributed by atoms with Crippen molar-refractivity contribution in [3.8, 4) is 5.75 Å². The average Bonchev–Trinajstić information content (AvgIpc) is 2.60. The number of carbonyl (C=O) groups is 2. The minimum atomic E-state index is -0.324. The van der Waals surface area contributed by atoms with E-state index in [-0.39, 0.29) is 18.5 Å². The summed E-state index contributed by atoms with van der Waals surface area (Å²) in [6, 6.07) is 5.26. The minimum Gasteiger partial charge on any atom is -0.495 e. The summed E-state index contributed by atoms with van der Waals surface area (Å²) >= 11 is 6.06. The Kier molecular flexibility index (Phi) is 6.54. The molecule has 0 spiro atoms. The van der Waals surface area contributed by atoms with E-state index in [1.165, 1.54) is 0 Å². The topological polar surface area (TPSA) is 71.1 Å². The standard InChI is InChI=1S/C16H22ClN3O4/c1-3-24-16(22)20-8-6-19(7-9-20)15(21)11-18-12-4-5-14(23-2)13(17)10-12/h4-5,10,18H,3,6-9,11H2,1-2H3. The van der Waals surface area contributed by atoms with Gasteiger partial charge >= 0.3 is 6.09 Å². The first-order valence-corrected chi connectivity index (χ1v) is 8.19. The second-order valence-corrected chi connectivity index (χ2v) is 5.68. The summed E-state index contributed by atoms with van der Waals surface area (Å²) in [5.41, 5.74) is 0.749. The number of ether oxygens (including phenoxy) is 2. The fourth-order valence-electron chi connectivity index (χ4n) is 2.42. The van der Waals surface area contributed by atoms with Crippen LogP contribution in [0.4, 0.5) is 10.5 Å². The first-order valence-electron chi connectivity index (χ1n) is 7.82. The molecule has 2 rings (SSSR count). The molecule has 0 aromatic heterocycles. The first-order chi connectivity index (χ1) is 11.5. The van der Waals surface area contributed by atoms with E-state index in [1.807, 2.05) is 0 Å². The predicted molar refractivity (Wildman–Crippen MR) is 91.7 cm³/mol. The SMILES string of the molecule is CCOC(=O)N1CCN(C(=O)CNc2ccc(OC)c(Cl)c2)CC1. The monoisotopic (exact) mass is 355 g/mol. The highest BCUT2D eigenvalue weighted by Crippen LogP contribution is 2.27. The molecule has 1 aromatic rings. The van der Waals surface area contributed by atoms with Crippen LogP contribution >= 0.6 is 11.6 Å². The molecule has 1 heterocycles. The van der Waals surface area contributed by atoms with Crippen molar-refractivity contribution in [2.24, 2.45) is 0 Å². The van der Waals surface area contributed by atoms with Gasteiger partial charge in [-0.05, 0) is 25.1 Å². The molecule has 1 N–H and O–H groups in total. The molecular formula is C16H22ClN3O4. The largest absolute Gasteiger partial charge is 0.495 e. The molecule has 1 aromatic carbocycles. The van der Waals surface area contributed by atoms with Gasteiger partial charge in [-0.3, -0.25) is 4.79 Å². The lowest BCUT2D eigenvalue weighted by Gasteiger charge is -2.34. The van der Waals surface area contributed by atoms with Gasteiger partial charge in [0.1, 0.15) is 5.75 Å². The molecule has 132 valence electrons. The molecule has 7 nitrogen and oxygen atoms in total. The summed E-state index contributed by atoms with van der Waals surface area (Å²) in [7, 11) is 1.55. The summed E-state index contributed by atoms with van der Waals surface area (Å²) in [5, 5.41) is 3.54. The van der Waals surface area contributed by atoms with Gasteiger partial charge in [0.05, 0.1) is 25.3 Å². The van der Waals surface area contributed by atoms with Gasteiger partial charge in [-0.15, -0.1) is 0 Å². The molecular weight excluding hydrogens is 334 g/mol. The van der Waals surface area contributed by atoms with Crippen LogP contribution in [0.3, 0.4) is 0 Å². The van der Waals surface area contributed by atoms with Crippen molar-refractivity contribution >= 4 is 29.3 Å². The van der Waals surface area contributed by atoms with E-state index in [1.54, 1.807) is 42.0 Å². The fourth-order valence-corrected chi connectivity index (χ4v) is 2.68. The normalized spacial score (nSPS) is 14.3. The molecule has 1 fully saturated rings. The maximum atomic E-state index is 12.3. The summed E-state index contributed by atoms with van der Waals surface area (Å²) in [6.45, 7) is 4.27. The van der Waals surface area contributed by atoms with E-state index in [0.29, 0.717) is 43.6 Å². The van der Waals surface area contributed by atoms with Gasteiger partial charge in [0.25, 0.3) is 0 Å². The van der Waals surface area contributed by atoms with E-state index < -0.39 is 0 Å². The Bertz CT molecular complexity index is 589. The van der Waals surface area contributed by atoms with Crippen LogP contribution in [0.15, 0.2) is 18.2 Å². The maximum Gasteiger partial charge on any atom is 0.409 e. The van der Waals surface area contributed by atoms with Crippen LogP contribution < -0.4 is 10.1 Å². The highest BCUT2D eigenvalue weighted by Gasteiger charge is 2.24. The highest BCUT2D eigenvalue weighted by molar-refractivity contribution is 6.32. The first kappa shape index (κ1) is 18.2. The second kappa shape index (κ2) is 8.63. The van der Waals surface area contributed by atoms with Crippen molar-refractivity contribution in [1.82, 2.24) is 9.80 Å². The number of nitrogens with zero attached hydrogens (tertiary/aromatic N) is 2. The van der Waals surface area contributed by atoms with Crippen LogP contribution in [-0.2, 0) is 9.53 Å². The van der Waals surface area contributed by atoms with E-state index in [9.17, 15) is 9.59 Å². The maximum absolute atomic E-state index is 12.3. The molecule has 1 aliphatic heterocycles. The number of piperazine rings is 1. The second-order valence-electron chi connectivity index (χ2n) is 5.27. The Morgan fingerprint density at radius 2 is 1.88 bits per heavy atom. The van der Waals surface area contributed by atoms with Gasteiger partial charge in [-0.1, -0.05) is 11.6 Å². The van der Waals surface area contributed by atoms with Gasteiger partial charge in [0.2, 0.25) is 5.91 Å². The van der Waals surface area contributed by atoms with Gasteiger partial charge in [0, 0.05) is 31.9 Å². The number of hydrogen-bond acceptors (Lipinski definition) is 5. The number of anilines is 1. The Balaban J connectivity index is 1.79. The third-order valence-corrected chi connectivity index (χ3v) is 4.05. The molecule has 0 unspecified atom stereocenters. The Labute approximate surface area is 146 Å². The number of rotatable bonds is 5. The molecule has 0 radical (unpaired) electrons. The number of nitrogens with one attached hydrogen (secondary N) is 1. The van der Waals surface area contributed by atoms with E-state index in [0.717, 1.165) is 5.69 Å². The van der Waals surface area contributed by atoms with Crippen molar-refractivity contribution in [3.05, 3.63) is 23.2 Å². The highest BCUT2D eigenvalue weighted by atomic mass is 35.5. The van der Waals surface area contributed by atoms with Crippen molar-refractivity contribution in [3.63, 3.8) is 0 Å². The molecule has 2 amide bonds. The predicted octanol–water partition coefficient (Wildman–Crippen LogP) is 2.06. The Morgan fingerprint density at radius 1 is 1.21 bits per heavy atom. The van der Waals surface area contributed by atoms with Crippen LogP contribution in [0, 0.1) is 0 Å². The van der Waals surface area contributed by atoms with Crippen molar-refractivity contribution in [2.75, 3.05) is 51.8 Å². The van der Waals surface area contributed by atoms with E-state index in [4.69, 9.17) is 21.1 Å². The van der Waals surface area contributed by atoms with Crippen molar-refractivity contribution in [1.29, 1.82) is 0 Å². The van der Waals surface area contributed by atoms with Gasteiger partial charge in [-0.25, -0.2) is 4.79 Å². The van der Waals surface area contributed by atoms with Gasteiger partial charge in [0.15, 0.2) is 0 Å². The van der Waals surface area contributed by atoms with E-state index >= 15 is 0 Å². The quantitative estimate of drug-likeness (QED) is 0.875. The third kappa shape index (κ3) is 4.67. The average molecular weight is 356 g/mol. The number of hydrogen-bond donors (Lipinski definition) is 1. The molecule has 0 saturated carbocycles. The van der Waals surface area contributed by atoms with Crippen molar-refractivity contribution < 1.29 is 19.1 Å².